The maximum absolute atomic E-state index is 13.1. The minimum atomic E-state index is -0.335. The SMILES string of the molecule is COc1ccc(-n2c(=O)c(N=C(C)c3ccccc3)c(C)n2C)c(O)c1OC. The normalized spacial score (nSPS) is 11.5. The van der Waals surface area contributed by atoms with Gasteiger partial charge in [-0.05, 0) is 31.5 Å². The molecule has 0 bridgehead atoms. The fourth-order valence-electron chi connectivity index (χ4n) is 3.08. The Morgan fingerprint density at radius 3 is 2.36 bits per heavy atom. The monoisotopic (exact) mass is 381 g/mol. The number of nitrogens with zero attached hydrogens (tertiary/aromatic N) is 3. The molecule has 0 saturated heterocycles. The zero-order valence-electron chi connectivity index (χ0n) is 16.6. The van der Waals surface area contributed by atoms with Gasteiger partial charge in [0, 0.05) is 12.8 Å². The van der Waals surface area contributed by atoms with Crippen molar-refractivity contribution < 1.29 is 14.6 Å². The van der Waals surface area contributed by atoms with Gasteiger partial charge in [-0.3, -0.25) is 9.48 Å². The molecular weight excluding hydrogens is 358 g/mol. The Kier molecular flexibility index (Phi) is 5.26. The van der Waals surface area contributed by atoms with E-state index in [0.717, 1.165) is 11.3 Å². The lowest BCUT2D eigenvalue weighted by atomic mass is 10.1. The van der Waals surface area contributed by atoms with E-state index in [2.05, 4.69) is 4.99 Å². The Morgan fingerprint density at radius 2 is 1.75 bits per heavy atom. The number of rotatable bonds is 5. The van der Waals surface area contributed by atoms with Crippen molar-refractivity contribution in [1.82, 2.24) is 9.36 Å². The van der Waals surface area contributed by atoms with Crippen LogP contribution in [-0.4, -0.2) is 34.4 Å². The number of aromatic hydroxyl groups is 1. The molecule has 0 radical (unpaired) electrons. The van der Waals surface area contributed by atoms with Crippen molar-refractivity contribution in [3.05, 3.63) is 64.1 Å². The van der Waals surface area contributed by atoms with Crippen LogP contribution in [-0.2, 0) is 7.05 Å². The Bertz CT molecular complexity index is 1100. The van der Waals surface area contributed by atoms with Gasteiger partial charge in [-0.2, -0.15) is 0 Å². The van der Waals surface area contributed by atoms with Crippen LogP contribution in [0.2, 0.25) is 0 Å². The third-order valence-corrected chi connectivity index (χ3v) is 4.72. The molecule has 1 N–H and O–H groups in total. The number of ether oxygens (including phenoxy) is 2. The van der Waals surface area contributed by atoms with Gasteiger partial charge in [0.2, 0.25) is 5.75 Å². The number of hydrogen-bond donors (Lipinski definition) is 1. The summed E-state index contributed by atoms with van der Waals surface area (Å²) in [4.78, 5) is 17.7. The summed E-state index contributed by atoms with van der Waals surface area (Å²) >= 11 is 0. The predicted octanol–water partition coefficient (Wildman–Crippen LogP) is 3.35. The molecule has 0 aliphatic rings. The van der Waals surface area contributed by atoms with Crippen molar-refractivity contribution in [2.45, 2.75) is 13.8 Å². The van der Waals surface area contributed by atoms with Gasteiger partial charge in [-0.15, -0.1) is 0 Å². The summed E-state index contributed by atoms with van der Waals surface area (Å²) in [6.45, 7) is 3.67. The number of benzene rings is 2. The summed E-state index contributed by atoms with van der Waals surface area (Å²) in [6, 6.07) is 12.9. The fraction of sp³-hybridized carbons (Fsp3) is 0.238. The number of hydrogen-bond acceptors (Lipinski definition) is 5. The fourth-order valence-corrected chi connectivity index (χ4v) is 3.08. The Balaban J connectivity index is 2.19. The lowest BCUT2D eigenvalue weighted by molar-refractivity contribution is 0.331. The highest BCUT2D eigenvalue weighted by molar-refractivity contribution is 6.00. The van der Waals surface area contributed by atoms with Crippen LogP contribution in [0.15, 0.2) is 52.3 Å². The standard InChI is InChI=1S/C21H23N3O4/c1-13(15-9-7-6-8-10-15)22-18-14(2)23(3)24(21(18)26)16-11-12-17(27-4)20(28-5)19(16)25/h6-12,25H,1-5H3. The van der Waals surface area contributed by atoms with Gasteiger partial charge in [0.1, 0.15) is 5.69 Å². The van der Waals surface area contributed by atoms with E-state index < -0.39 is 0 Å². The van der Waals surface area contributed by atoms with E-state index in [-0.39, 0.29) is 22.7 Å². The molecule has 3 rings (SSSR count). The van der Waals surface area contributed by atoms with E-state index in [1.165, 1.54) is 18.9 Å². The molecule has 0 fully saturated rings. The van der Waals surface area contributed by atoms with Crippen LogP contribution < -0.4 is 15.0 Å². The molecule has 0 aliphatic heterocycles. The van der Waals surface area contributed by atoms with Gasteiger partial charge in [0.15, 0.2) is 17.2 Å². The molecule has 0 amide bonds. The van der Waals surface area contributed by atoms with E-state index in [4.69, 9.17) is 9.47 Å². The van der Waals surface area contributed by atoms with Crippen LogP contribution in [0.3, 0.4) is 0 Å². The van der Waals surface area contributed by atoms with Crippen LogP contribution >= 0.6 is 0 Å². The van der Waals surface area contributed by atoms with Gasteiger partial charge >= 0.3 is 0 Å². The second-order valence-electron chi connectivity index (χ2n) is 6.31. The molecule has 1 heterocycles. The molecule has 146 valence electrons. The number of aromatic nitrogens is 2. The zero-order valence-corrected chi connectivity index (χ0v) is 16.6. The summed E-state index contributed by atoms with van der Waals surface area (Å²) in [5.74, 6) is 0.358. The number of phenolic OH excluding ortho intramolecular Hbond substituents is 1. The molecule has 2 aromatic carbocycles. The molecule has 0 unspecified atom stereocenters. The van der Waals surface area contributed by atoms with Crippen LogP contribution in [0.25, 0.3) is 5.69 Å². The quantitative estimate of drug-likeness (QED) is 0.688. The first-order valence-corrected chi connectivity index (χ1v) is 8.74. The van der Waals surface area contributed by atoms with Gasteiger partial charge in [0.25, 0.3) is 5.56 Å². The first-order chi connectivity index (χ1) is 13.4. The molecule has 0 spiro atoms. The first kappa shape index (κ1) is 19.3. The minimum absolute atomic E-state index is 0.163. The summed E-state index contributed by atoms with van der Waals surface area (Å²) < 4.78 is 13.5. The van der Waals surface area contributed by atoms with E-state index >= 15 is 0 Å². The second kappa shape index (κ2) is 7.64. The minimum Gasteiger partial charge on any atom is -0.503 e. The predicted molar refractivity (Wildman–Crippen MR) is 109 cm³/mol. The van der Waals surface area contributed by atoms with Gasteiger partial charge in [-0.25, -0.2) is 9.67 Å². The molecule has 7 nitrogen and oxygen atoms in total. The number of phenols is 1. The van der Waals surface area contributed by atoms with Gasteiger partial charge in [-0.1, -0.05) is 30.3 Å². The van der Waals surface area contributed by atoms with Crippen molar-refractivity contribution >= 4 is 11.4 Å². The molecule has 7 heteroatoms. The Morgan fingerprint density at radius 1 is 1.07 bits per heavy atom. The van der Waals surface area contributed by atoms with Crippen molar-refractivity contribution in [3.8, 4) is 22.9 Å². The summed E-state index contributed by atoms with van der Waals surface area (Å²) in [5, 5.41) is 10.6. The van der Waals surface area contributed by atoms with E-state index in [1.807, 2.05) is 44.2 Å². The second-order valence-corrected chi connectivity index (χ2v) is 6.31. The molecule has 1 aromatic heterocycles. The average molecular weight is 381 g/mol. The lowest BCUT2D eigenvalue weighted by Crippen LogP contribution is -2.20. The molecule has 28 heavy (non-hydrogen) atoms. The largest absolute Gasteiger partial charge is 0.503 e. The first-order valence-electron chi connectivity index (χ1n) is 8.74. The summed E-state index contributed by atoms with van der Waals surface area (Å²) in [6.07, 6.45) is 0. The molecular formula is C21H23N3O4. The molecule has 0 aliphatic carbocycles. The third kappa shape index (κ3) is 3.15. The highest BCUT2D eigenvalue weighted by Gasteiger charge is 2.22. The summed E-state index contributed by atoms with van der Waals surface area (Å²) in [5.41, 5.74) is 2.61. The van der Waals surface area contributed by atoms with Gasteiger partial charge in [0.05, 0.1) is 19.9 Å². The highest BCUT2D eigenvalue weighted by Crippen LogP contribution is 2.40. The maximum Gasteiger partial charge on any atom is 0.297 e. The third-order valence-electron chi connectivity index (χ3n) is 4.72. The number of aliphatic imine (C=N–C) groups is 1. The smallest absolute Gasteiger partial charge is 0.297 e. The zero-order chi connectivity index (χ0) is 20.4. The maximum atomic E-state index is 13.1. The van der Waals surface area contributed by atoms with Crippen LogP contribution in [0, 0.1) is 6.92 Å². The highest BCUT2D eigenvalue weighted by atomic mass is 16.5. The molecule has 3 aromatic rings. The van der Waals surface area contributed by atoms with Crippen molar-refractivity contribution in [3.63, 3.8) is 0 Å². The van der Waals surface area contributed by atoms with Crippen molar-refractivity contribution in [2.24, 2.45) is 12.0 Å². The topological polar surface area (TPSA) is 78.0 Å². The van der Waals surface area contributed by atoms with Crippen LogP contribution in [0.4, 0.5) is 5.69 Å². The summed E-state index contributed by atoms with van der Waals surface area (Å²) in [7, 11) is 4.65. The molecule has 0 saturated carbocycles. The van der Waals surface area contributed by atoms with E-state index in [1.54, 1.807) is 23.9 Å². The molecule has 0 atom stereocenters. The van der Waals surface area contributed by atoms with Crippen LogP contribution in [0.1, 0.15) is 18.2 Å². The van der Waals surface area contributed by atoms with Gasteiger partial charge < -0.3 is 14.6 Å². The van der Waals surface area contributed by atoms with Crippen molar-refractivity contribution in [2.75, 3.05) is 14.2 Å². The van der Waals surface area contributed by atoms with Crippen molar-refractivity contribution in [1.29, 1.82) is 0 Å². The Hall–Kier alpha value is -3.48. The lowest BCUT2D eigenvalue weighted by Gasteiger charge is -2.14. The van der Waals surface area contributed by atoms with E-state index in [9.17, 15) is 9.90 Å². The van der Waals surface area contributed by atoms with E-state index in [0.29, 0.717) is 17.1 Å². The Labute approximate surface area is 163 Å². The number of methoxy groups -OCH3 is 2. The average Bonchev–Trinajstić information content (AvgIpc) is 2.91. The van der Waals surface area contributed by atoms with Crippen LogP contribution in [0.5, 0.6) is 17.2 Å².